The number of fused-ring (bicyclic) bond motifs is 3. The molecule has 0 aromatic heterocycles. The van der Waals surface area contributed by atoms with Crippen LogP contribution in [-0.2, 0) is 33.3 Å². The number of amides is 2. The highest BCUT2D eigenvalue weighted by atomic mass is 16.8. The molecule has 5 heterocycles. The maximum Gasteiger partial charge on any atom is 0.264 e. The maximum atomic E-state index is 13.6. The van der Waals surface area contributed by atoms with Gasteiger partial charge >= 0.3 is 0 Å². The zero-order valence-electron chi connectivity index (χ0n) is 25.9. The SMILES string of the molecule is CNC(=O)[C@@H](C)[C@H]1C(=O)/C(=C(O)/C=C/C(C)=C\[C@@H](C)[C@H]2O[C@@]3(C)O[C@H](C=C[C@@]34CO4)[C@@H]2C)C(=O)N1[C@@H]1CC[C@H](O)[C@H](C)O1. The van der Waals surface area contributed by atoms with Gasteiger partial charge in [-0.1, -0.05) is 44.6 Å². The number of nitrogens with one attached hydrogen (secondary N) is 1. The summed E-state index contributed by atoms with van der Waals surface area (Å²) in [7, 11) is 1.46. The summed E-state index contributed by atoms with van der Waals surface area (Å²) in [6.45, 7) is 11.7. The minimum absolute atomic E-state index is 0.0220. The normalized spacial score (nSPS) is 42.0. The van der Waals surface area contributed by atoms with Gasteiger partial charge in [-0.3, -0.25) is 14.4 Å². The van der Waals surface area contributed by atoms with E-state index >= 15 is 0 Å². The summed E-state index contributed by atoms with van der Waals surface area (Å²) in [5.74, 6) is -3.93. The Morgan fingerprint density at radius 3 is 2.51 bits per heavy atom. The fourth-order valence-corrected chi connectivity index (χ4v) is 6.82. The smallest absolute Gasteiger partial charge is 0.264 e. The van der Waals surface area contributed by atoms with Gasteiger partial charge in [-0.2, -0.15) is 0 Å². The Kier molecular flexibility index (Phi) is 8.51. The van der Waals surface area contributed by atoms with Crippen molar-refractivity contribution in [3.05, 3.63) is 47.3 Å². The van der Waals surface area contributed by atoms with Crippen molar-refractivity contribution in [2.45, 2.75) is 102 Å². The number of epoxide rings is 1. The van der Waals surface area contributed by atoms with Crippen molar-refractivity contribution in [3.8, 4) is 0 Å². The highest BCUT2D eigenvalue weighted by molar-refractivity contribution is 6.27. The molecule has 11 nitrogen and oxygen atoms in total. The molecule has 0 radical (unpaired) electrons. The van der Waals surface area contributed by atoms with E-state index < -0.39 is 65.1 Å². The third-order valence-electron chi connectivity index (χ3n) is 9.67. The fourth-order valence-electron chi connectivity index (χ4n) is 6.82. The first-order chi connectivity index (χ1) is 20.2. The highest BCUT2D eigenvalue weighted by Gasteiger charge is 2.66. The zero-order valence-corrected chi connectivity index (χ0v) is 25.9. The Morgan fingerprint density at radius 2 is 1.88 bits per heavy atom. The van der Waals surface area contributed by atoms with Crippen LogP contribution in [0.1, 0.15) is 54.4 Å². The van der Waals surface area contributed by atoms with E-state index in [9.17, 15) is 24.6 Å². The fraction of sp³-hybridized carbons (Fsp3) is 0.656. The number of hydrogen-bond acceptors (Lipinski definition) is 9. The van der Waals surface area contributed by atoms with Crippen LogP contribution in [0, 0.1) is 17.8 Å². The Hall–Kier alpha value is -2.83. The molecule has 0 aromatic carbocycles. The Bertz CT molecular complexity index is 1280. The first kappa shape index (κ1) is 31.6. The van der Waals surface area contributed by atoms with Crippen molar-refractivity contribution in [3.63, 3.8) is 0 Å². The molecule has 4 saturated heterocycles. The average Bonchev–Trinajstić information content (AvgIpc) is 3.71. The number of aliphatic hydroxyl groups excluding tert-OH is 2. The van der Waals surface area contributed by atoms with Crippen LogP contribution >= 0.6 is 0 Å². The minimum atomic E-state index is -1.15. The third kappa shape index (κ3) is 5.50. The first-order valence-electron chi connectivity index (χ1n) is 15.1. The summed E-state index contributed by atoms with van der Waals surface area (Å²) in [6.07, 6.45) is 7.46. The van der Waals surface area contributed by atoms with Gasteiger partial charge in [0, 0.05) is 18.9 Å². The van der Waals surface area contributed by atoms with Crippen molar-refractivity contribution in [2.24, 2.45) is 17.8 Å². The molecule has 0 aromatic rings. The molecule has 11 heteroatoms. The second kappa shape index (κ2) is 11.6. The van der Waals surface area contributed by atoms with Gasteiger partial charge in [0.05, 0.1) is 36.9 Å². The van der Waals surface area contributed by atoms with Gasteiger partial charge in [-0.25, -0.2) is 0 Å². The van der Waals surface area contributed by atoms with Gasteiger partial charge < -0.3 is 39.4 Å². The highest BCUT2D eigenvalue weighted by Crippen LogP contribution is 2.52. The maximum absolute atomic E-state index is 13.6. The number of rotatable bonds is 7. The number of hydrogen-bond donors (Lipinski definition) is 3. The van der Waals surface area contributed by atoms with E-state index in [0.717, 1.165) is 5.57 Å². The van der Waals surface area contributed by atoms with Gasteiger partial charge in [-0.15, -0.1) is 0 Å². The summed E-state index contributed by atoms with van der Waals surface area (Å²) in [4.78, 5) is 41.1. The van der Waals surface area contributed by atoms with Crippen molar-refractivity contribution < 1.29 is 43.5 Å². The lowest BCUT2D eigenvalue weighted by Crippen LogP contribution is -2.61. The molecule has 43 heavy (non-hydrogen) atoms. The summed E-state index contributed by atoms with van der Waals surface area (Å²) in [5, 5.41) is 23.7. The van der Waals surface area contributed by atoms with E-state index in [1.807, 2.05) is 19.9 Å². The van der Waals surface area contributed by atoms with Crippen molar-refractivity contribution in [1.82, 2.24) is 10.2 Å². The second-order valence-corrected chi connectivity index (χ2v) is 12.7. The van der Waals surface area contributed by atoms with Crippen LogP contribution in [-0.4, -0.2) is 94.4 Å². The average molecular weight is 601 g/mol. The molecule has 0 unspecified atom stereocenters. The largest absolute Gasteiger partial charge is 0.507 e. The molecule has 1 spiro atoms. The Morgan fingerprint density at radius 1 is 1.19 bits per heavy atom. The molecule has 0 aliphatic carbocycles. The Labute approximate surface area is 252 Å². The van der Waals surface area contributed by atoms with Crippen molar-refractivity contribution in [1.29, 1.82) is 0 Å². The van der Waals surface area contributed by atoms with E-state index in [0.29, 0.717) is 19.4 Å². The molecule has 5 rings (SSSR count). The van der Waals surface area contributed by atoms with E-state index in [-0.39, 0.29) is 29.6 Å². The first-order valence-corrected chi connectivity index (χ1v) is 15.1. The number of likely N-dealkylation sites (tertiary alicyclic amines) is 1. The molecule has 5 aliphatic heterocycles. The number of Topliss-reactive ketones (excluding diaryl/α,β-unsaturated/α-hetero) is 1. The molecular weight excluding hydrogens is 556 g/mol. The lowest BCUT2D eigenvalue weighted by molar-refractivity contribution is -0.346. The molecule has 4 fully saturated rings. The summed E-state index contributed by atoms with van der Waals surface area (Å²) in [5.41, 5.74) is -0.127. The van der Waals surface area contributed by atoms with Crippen molar-refractivity contribution >= 4 is 17.6 Å². The van der Waals surface area contributed by atoms with Gasteiger partial charge in [0.2, 0.25) is 11.7 Å². The van der Waals surface area contributed by atoms with E-state index in [1.165, 1.54) is 18.0 Å². The van der Waals surface area contributed by atoms with Crippen LogP contribution in [0.15, 0.2) is 47.3 Å². The van der Waals surface area contributed by atoms with Gasteiger partial charge in [0.1, 0.15) is 23.6 Å². The van der Waals surface area contributed by atoms with Crippen LogP contribution in [0.4, 0.5) is 0 Å². The molecule has 236 valence electrons. The summed E-state index contributed by atoms with van der Waals surface area (Å²) >= 11 is 0. The molecule has 5 aliphatic rings. The Balaban J connectivity index is 1.36. The molecule has 0 saturated carbocycles. The molecule has 2 amide bonds. The number of carbonyl (C=O) groups is 3. The number of ether oxygens (including phenoxy) is 4. The molecule has 11 atom stereocenters. The number of ketones is 1. The topological polar surface area (TPSA) is 147 Å². The van der Waals surface area contributed by atoms with Gasteiger partial charge in [0.15, 0.2) is 11.4 Å². The van der Waals surface area contributed by atoms with Crippen molar-refractivity contribution in [2.75, 3.05) is 13.7 Å². The van der Waals surface area contributed by atoms with Crippen LogP contribution in [0.25, 0.3) is 0 Å². The van der Waals surface area contributed by atoms with Gasteiger partial charge in [0.25, 0.3) is 5.91 Å². The quantitative estimate of drug-likeness (QED) is 0.100. The lowest BCUT2D eigenvalue weighted by Gasteiger charge is -2.51. The van der Waals surface area contributed by atoms with E-state index in [2.05, 4.69) is 31.3 Å². The predicted molar refractivity (Wildman–Crippen MR) is 155 cm³/mol. The zero-order chi connectivity index (χ0) is 31.4. The van der Waals surface area contributed by atoms with E-state index in [1.54, 1.807) is 19.9 Å². The van der Waals surface area contributed by atoms with E-state index in [4.69, 9.17) is 18.9 Å². The number of aliphatic hydroxyl groups is 2. The molecule has 3 N–H and O–H groups in total. The minimum Gasteiger partial charge on any atom is -0.507 e. The molecule has 2 bridgehead atoms. The predicted octanol–water partition coefficient (Wildman–Crippen LogP) is 2.46. The second-order valence-electron chi connectivity index (χ2n) is 12.7. The monoisotopic (exact) mass is 600 g/mol. The summed E-state index contributed by atoms with van der Waals surface area (Å²) < 4.78 is 24.3. The molecular formula is C32H44N2O9. The van der Waals surface area contributed by atoms with Crippen LogP contribution < -0.4 is 5.32 Å². The van der Waals surface area contributed by atoms with Crippen LogP contribution in [0.5, 0.6) is 0 Å². The number of allylic oxidation sites excluding steroid dienone is 3. The van der Waals surface area contributed by atoms with Crippen LogP contribution in [0.3, 0.4) is 0 Å². The number of carbonyl (C=O) groups excluding carboxylic acids is 3. The summed E-state index contributed by atoms with van der Waals surface area (Å²) in [6, 6.07) is -1.15. The van der Waals surface area contributed by atoms with Crippen LogP contribution in [0.2, 0.25) is 0 Å². The third-order valence-corrected chi connectivity index (χ3v) is 9.67. The standard InChI is InChI=1S/C32H44N2O9/c1-16(14-17(2)28-18(3)23-12-13-32(15-40-32)31(6,42-23)43-28)8-9-22(36)25-27(37)26(19(4)29(38)33-7)34(30(25)39)24-11-10-21(35)20(5)41-24/h8-9,12-14,17-21,23-24,26,28,35-36H,10-11,15H2,1-7H3,(H,33,38)/b9-8+,16-14-,25-22+/t17-,18+,19+,20+,21+,23-,24+,26+,28-,31-,32-/m1/s1. The van der Waals surface area contributed by atoms with Gasteiger partial charge in [-0.05, 0) is 45.8 Å². The number of nitrogens with zero attached hydrogens (tertiary/aromatic N) is 1. The lowest BCUT2D eigenvalue weighted by atomic mass is 9.82.